The SMILES string of the molecule is COC(=C=O)C[C@H](CN1CC2(CCN(C(=O)OC(C)(C)C)CC2)C1)c1cncc(-n2nc(C)cc2C)c1. The van der Waals surface area contributed by atoms with Crippen molar-refractivity contribution in [3.8, 4) is 5.69 Å². The molecule has 0 unspecified atom stereocenters. The molecule has 9 nitrogen and oxygen atoms in total. The normalized spacial score (nSPS) is 18.2. The minimum Gasteiger partial charge on any atom is -0.490 e. The predicted octanol–water partition coefficient (Wildman–Crippen LogP) is 4.05. The first-order chi connectivity index (χ1) is 17.5. The first-order valence-corrected chi connectivity index (χ1v) is 13.0. The molecule has 2 aliphatic rings. The lowest BCUT2D eigenvalue weighted by Crippen LogP contribution is -2.61. The van der Waals surface area contributed by atoms with Gasteiger partial charge in [-0.15, -0.1) is 0 Å². The smallest absolute Gasteiger partial charge is 0.410 e. The molecule has 4 rings (SSSR count). The molecule has 37 heavy (non-hydrogen) atoms. The van der Waals surface area contributed by atoms with Crippen LogP contribution in [0.5, 0.6) is 0 Å². The minimum absolute atomic E-state index is 0.0278. The number of rotatable bonds is 7. The van der Waals surface area contributed by atoms with E-state index in [4.69, 9.17) is 9.47 Å². The van der Waals surface area contributed by atoms with E-state index in [1.807, 2.05) is 68.6 Å². The molecule has 2 aliphatic heterocycles. The van der Waals surface area contributed by atoms with Gasteiger partial charge in [-0.2, -0.15) is 5.10 Å². The Morgan fingerprint density at radius 2 is 1.86 bits per heavy atom. The number of carbonyl (C=O) groups is 1. The van der Waals surface area contributed by atoms with Crippen molar-refractivity contribution in [1.82, 2.24) is 24.6 Å². The molecule has 1 amide bonds. The number of nitrogens with zero attached hydrogens (tertiary/aromatic N) is 5. The summed E-state index contributed by atoms with van der Waals surface area (Å²) in [5, 5.41) is 4.59. The summed E-state index contributed by atoms with van der Waals surface area (Å²) in [5.74, 6) is 2.28. The molecule has 2 saturated heterocycles. The van der Waals surface area contributed by atoms with E-state index in [0.29, 0.717) is 12.2 Å². The standard InChI is InChI=1S/C28H39N5O4/c1-20-11-21(2)33(30-20)24-12-22(14-29-15-24)23(13-25(17-34)36-6)16-31-18-28(19-31)7-9-32(10-8-28)26(35)37-27(3,4)5/h11-12,14-15,23H,7-10,13,16,18-19H2,1-6H3/t23-/m1/s1. The fourth-order valence-corrected chi connectivity index (χ4v) is 5.50. The van der Waals surface area contributed by atoms with Crippen LogP contribution < -0.4 is 0 Å². The van der Waals surface area contributed by atoms with Crippen LogP contribution in [0.15, 0.2) is 30.3 Å². The Bertz CT molecular complexity index is 1160. The number of aryl methyl sites for hydroxylation is 2. The van der Waals surface area contributed by atoms with E-state index in [9.17, 15) is 9.59 Å². The molecule has 2 aromatic rings. The van der Waals surface area contributed by atoms with Gasteiger partial charge in [-0.05, 0) is 70.6 Å². The first kappa shape index (κ1) is 26.9. The summed E-state index contributed by atoms with van der Waals surface area (Å²) >= 11 is 0. The highest BCUT2D eigenvalue weighted by atomic mass is 16.6. The van der Waals surface area contributed by atoms with Crippen molar-refractivity contribution in [2.24, 2.45) is 5.41 Å². The van der Waals surface area contributed by atoms with Crippen molar-refractivity contribution in [3.05, 3.63) is 47.2 Å². The maximum absolute atomic E-state index is 12.4. The highest BCUT2D eigenvalue weighted by Crippen LogP contribution is 2.42. The van der Waals surface area contributed by atoms with Crippen LogP contribution >= 0.6 is 0 Å². The van der Waals surface area contributed by atoms with Crippen LogP contribution in [0.2, 0.25) is 0 Å². The third-order valence-corrected chi connectivity index (χ3v) is 7.33. The minimum atomic E-state index is -0.480. The van der Waals surface area contributed by atoms with Crippen molar-refractivity contribution in [2.75, 3.05) is 39.8 Å². The van der Waals surface area contributed by atoms with E-state index < -0.39 is 5.60 Å². The van der Waals surface area contributed by atoms with Gasteiger partial charge < -0.3 is 19.3 Å². The molecule has 2 fully saturated rings. The van der Waals surface area contributed by atoms with Gasteiger partial charge in [0.2, 0.25) is 0 Å². The van der Waals surface area contributed by atoms with Crippen molar-refractivity contribution >= 4 is 12.0 Å². The fraction of sp³-hybridized carbons (Fsp3) is 0.607. The van der Waals surface area contributed by atoms with Crippen LogP contribution in [0, 0.1) is 19.3 Å². The van der Waals surface area contributed by atoms with Gasteiger partial charge in [0.05, 0.1) is 24.7 Å². The van der Waals surface area contributed by atoms with Crippen LogP contribution in [-0.2, 0) is 14.3 Å². The molecular weight excluding hydrogens is 470 g/mol. The average molecular weight is 510 g/mol. The summed E-state index contributed by atoms with van der Waals surface area (Å²) in [6, 6.07) is 4.14. The molecule has 200 valence electrons. The number of pyridine rings is 1. The highest BCUT2D eigenvalue weighted by Gasteiger charge is 2.46. The number of hydrogen-bond acceptors (Lipinski definition) is 7. The number of ether oxygens (including phenoxy) is 2. The van der Waals surface area contributed by atoms with E-state index in [1.54, 1.807) is 0 Å². The first-order valence-electron chi connectivity index (χ1n) is 13.0. The Morgan fingerprint density at radius 3 is 2.43 bits per heavy atom. The van der Waals surface area contributed by atoms with Crippen LogP contribution in [-0.4, -0.2) is 82.0 Å². The van der Waals surface area contributed by atoms with Gasteiger partial charge in [0.15, 0.2) is 11.7 Å². The van der Waals surface area contributed by atoms with E-state index in [-0.39, 0.29) is 17.4 Å². The van der Waals surface area contributed by atoms with Gasteiger partial charge in [0.1, 0.15) is 5.60 Å². The molecular formula is C28H39N5O4. The number of methoxy groups -OCH3 is 1. The van der Waals surface area contributed by atoms with E-state index >= 15 is 0 Å². The van der Waals surface area contributed by atoms with Gasteiger partial charge in [0.25, 0.3) is 0 Å². The topological polar surface area (TPSA) is 89.8 Å². The van der Waals surface area contributed by atoms with Gasteiger partial charge in [-0.3, -0.25) is 4.98 Å². The maximum atomic E-state index is 12.4. The second-order valence-corrected chi connectivity index (χ2v) is 11.6. The summed E-state index contributed by atoms with van der Waals surface area (Å²) in [6.07, 6.45) is 5.86. The number of piperidine rings is 1. The number of hydrogen-bond donors (Lipinski definition) is 0. The Labute approximate surface area is 219 Å². The molecule has 1 spiro atoms. The lowest BCUT2D eigenvalue weighted by molar-refractivity contribution is -0.0536. The maximum Gasteiger partial charge on any atom is 0.410 e. The van der Waals surface area contributed by atoms with Crippen molar-refractivity contribution in [2.45, 2.75) is 65.4 Å². The monoisotopic (exact) mass is 509 g/mol. The summed E-state index contributed by atoms with van der Waals surface area (Å²) in [7, 11) is 1.51. The van der Waals surface area contributed by atoms with E-state index in [1.165, 1.54) is 7.11 Å². The summed E-state index contributed by atoms with van der Waals surface area (Å²) in [6.45, 7) is 13.9. The molecule has 0 radical (unpaired) electrons. The number of amides is 1. The zero-order valence-corrected chi connectivity index (χ0v) is 22.9. The predicted molar refractivity (Wildman–Crippen MR) is 140 cm³/mol. The number of aromatic nitrogens is 3. The number of allylic oxidation sites excluding steroid dienone is 1. The Morgan fingerprint density at radius 1 is 1.16 bits per heavy atom. The summed E-state index contributed by atoms with van der Waals surface area (Å²) < 4.78 is 12.7. The second kappa shape index (κ2) is 10.7. The Kier molecular flexibility index (Phi) is 7.76. The third-order valence-electron chi connectivity index (χ3n) is 7.33. The largest absolute Gasteiger partial charge is 0.490 e. The molecule has 0 aromatic carbocycles. The van der Waals surface area contributed by atoms with Crippen LogP contribution in [0.3, 0.4) is 0 Å². The van der Waals surface area contributed by atoms with E-state index in [0.717, 1.165) is 68.2 Å². The van der Waals surface area contributed by atoms with Crippen molar-refractivity contribution < 1.29 is 19.1 Å². The van der Waals surface area contributed by atoms with Gasteiger partial charge in [-0.25, -0.2) is 14.3 Å². The lowest BCUT2D eigenvalue weighted by atomic mass is 9.71. The number of likely N-dealkylation sites (tertiary alicyclic amines) is 2. The molecule has 0 bridgehead atoms. The van der Waals surface area contributed by atoms with Crippen molar-refractivity contribution in [3.63, 3.8) is 0 Å². The Hall–Kier alpha value is -3.16. The Balaban J connectivity index is 1.42. The lowest BCUT2D eigenvalue weighted by Gasteiger charge is -2.54. The zero-order chi connectivity index (χ0) is 26.8. The highest BCUT2D eigenvalue weighted by molar-refractivity contribution is 5.68. The fourth-order valence-electron chi connectivity index (χ4n) is 5.50. The molecule has 1 atom stereocenters. The van der Waals surface area contributed by atoms with Crippen LogP contribution in [0.4, 0.5) is 4.79 Å². The average Bonchev–Trinajstić information content (AvgIpc) is 3.17. The van der Waals surface area contributed by atoms with Gasteiger partial charge >= 0.3 is 6.09 Å². The van der Waals surface area contributed by atoms with Gasteiger partial charge in [0, 0.05) is 57.0 Å². The molecule has 2 aromatic heterocycles. The molecule has 9 heteroatoms. The van der Waals surface area contributed by atoms with Gasteiger partial charge in [-0.1, -0.05) is 0 Å². The molecule has 0 N–H and O–H groups in total. The van der Waals surface area contributed by atoms with E-state index in [2.05, 4.69) is 21.0 Å². The quantitative estimate of drug-likeness (QED) is 0.411. The van der Waals surface area contributed by atoms with Crippen LogP contribution in [0.1, 0.15) is 62.9 Å². The third kappa shape index (κ3) is 6.40. The second-order valence-electron chi connectivity index (χ2n) is 11.6. The van der Waals surface area contributed by atoms with Crippen LogP contribution in [0.25, 0.3) is 5.69 Å². The zero-order valence-electron chi connectivity index (χ0n) is 22.9. The molecule has 0 aliphatic carbocycles. The molecule has 4 heterocycles. The van der Waals surface area contributed by atoms with Crippen molar-refractivity contribution in [1.29, 1.82) is 0 Å². The molecule has 0 saturated carbocycles. The number of carbonyl (C=O) groups excluding carboxylic acids is 2. The summed E-state index contributed by atoms with van der Waals surface area (Å²) in [4.78, 5) is 32.7. The summed E-state index contributed by atoms with van der Waals surface area (Å²) in [5.41, 5.74) is 3.69.